The van der Waals surface area contributed by atoms with E-state index >= 15 is 0 Å². The summed E-state index contributed by atoms with van der Waals surface area (Å²) in [6.45, 7) is 0.419. The molecule has 1 aromatic carbocycles. The minimum Gasteiger partial charge on any atom is -0.451 e. The molecule has 23 heavy (non-hydrogen) atoms. The highest BCUT2D eigenvalue weighted by Gasteiger charge is 2.18. The third kappa shape index (κ3) is 3.29. The van der Waals surface area contributed by atoms with Crippen LogP contribution in [0.25, 0.3) is 11.3 Å². The number of nitrogens with zero attached hydrogens (tertiary/aromatic N) is 2. The fraction of sp³-hybridized carbons (Fsp3) is 0.111. The van der Waals surface area contributed by atoms with Crippen molar-refractivity contribution in [3.63, 3.8) is 0 Å². The van der Waals surface area contributed by atoms with Crippen LogP contribution in [0.4, 0.5) is 4.39 Å². The van der Waals surface area contributed by atoms with Gasteiger partial charge >= 0.3 is 0 Å². The van der Waals surface area contributed by atoms with Crippen molar-refractivity contribution >= 4 is 5.91 Å². The zero-order valence-corrected chi connectivity index (χ0v) is 12.6. The second-order valence-corrected chi connectivity index (χ2v) is 5.17. The lowest BCUT2D eigenvalue weighted by atomic mass is 10.1. The Hall–Kier alpha value is -2.95. The van der Waals surface area contributed by atoms with Gasteiger partial charge in [-0.15, -0.1) is 0 Å². The summed E-state index contributed by atoms with van der Waals surface area (Å²) in [6, 6.07) is 13.2. The van der Waals surface area contributed by atoms with E-state index in [-0.39, 0.29) is 17.5 Å². The van der Waals surface area contributed by atoms with Gasteiger partial charge in [0.2, 0.25) is 0 Å². The van der Waals surface area contributed by atoms with Crippen LogP contribution in [0.3, 0.4) is 0 Å². The minimum atomic E-state index is -0.385. The van der Waals surface area contributed by atoms with Crippen molar-refractivity contribution in [2.45, 2.75) is 6.54 Å². The van der Waals surface area contributed by atoms with E-state index in [1.54, 1.807) is 49.8 Å². The Balaban J connectivity index is 1.77. The van der Waals surface area contributed by atoms with E-state index in [1.165, 1.54) is 11.0 Å². The molecule has 0 saturated carbocycles. The van der Waals surface area contributed by atoms with Gasteiger partial charge in [0.15, 0.2) is 5.76 Å². The van der Waals surface area contributed by atoms with E-state index in [2.05, 4.69) is 4.98 Å². The molecular weight excluding hydrogens is 295 g/mol. The van der Waals surface area contributed by atoms with E-state index in [0.717, 1.165) is 5.56 Å². The smallest absolute Gasteiger partial charge is 0.289 e. The summed E-state index contributed by atoms with van der Waals surface area (Å²) < 4.78 is 19.3. The van der Waals surface area contributed by atoms with E-state index < -0.39 is 0 Å². The second kappa shape index (κ2) is 6.44. The lowest BCUT2D eigenvalue weighted by molar-refractivity contribution is 0.0754. The number of amides is 1. The fourth-order valence-corrected chi connectivity index (χ4v) is 2.28. The maximum Gasteiger partial charge on any atom is 0.289 e. The normalized spacial score (nSPS) is 10.5. The van der Waals surface area contributed by atoms with Crippen LogP contribution < -0.4 is 0 Å². The summed E-state index contributed by atoms with van der Waals surface area (Å²) in [4.78, 5) is 17.9. The molecule has 1 amide bonds. The van der Waals surface area contributed by atoms with Gasteiger partial charge in [-0.3, -0.25) is 9.78 Å². The number of hydrogen-bond donors (Lipinski definition) is 0. The van der Waals surface area contributed by atoms with Gasteiger partial charge in [0.25, 0.3) is 5.91 Å². The SMILES string of the molecule is CN(Cc1cccnc1)C(=O)c1ccc(-c2ccccc2F)o1. The molecule has 0 saturated heterocycles. The van der Waals surface area contributed by atoms with Crippen molar-refractivity contribution in [1.82, 2.24) is 9.88 Å². The first-order valence-electron chi connectivity index (χ1n) is 7.14. The molecule has 0 radical (unpaired) electrons. The van der Waals surface area contributed by atoms with Crippen molar-refractivity contribution in [3.05, 3.63) is 78.1 Å². The number of aromatic nitrogens is 1. The number of carbonyl (C=O) groups excluding carboxylic acids is 1. The highest BCUT2D eigenvalue weighted by Crippen LogP contribution is 2.25. The van der Waals surface area contributed by atoms with Gasteiger partial charge in [-0.05, 0) is 35.9 Å². The third-order valence-corrected chi connectivity index (χ3v) is 3.45. The number of carbonyl (C=O) groups is 1. The fourth-order valence-electron chi connectivity index (χ4n) is 2.28. The zero-order chi connectivity index (χ0) is 16.2. The van der Waals surface area contributed by atoms with Gasteiger partial charge in [-0.25, -0.2) is 4.39 Å². The predicted molar refractivity (Wildman–Crippen MR) is 84.1 cm³/mol. The molecule has 5 heteroatoms. The lowest BCUT2D eigenvalue weighted by Gasteiger charge is -2.15. The van der Waals surface area contributed by atoms with Gasteiger partial charge in [-0.1, -0.05) is 18.2 Å². The van der Waals surface area contributed by atoms with Crippen molar-refractivity contribution in [1.29, 1.82) is 0 Å². The molecular formula is C18H15FN2O2. The average Bonchev–Trinajstić information content (AvgIpc) is 3.05. The Kier molecular flexibility index (Phi) is 4.19. The quantitative estimate of drug-likeness (QED) is 0.737. The monoisotopic (exact) mass is 310 g/mol. The van der Waals surface area contributed by atoms with Crippen molar-refractivity contribution < 1.29 is 13.6 Å². The van der Waals surface area contributed by atoms with Crippen molar-refractivity contribution in [2.75, 3.05) is 7.05 Å². The summed E-state index contributed by atoms with van der Waals surface area (Å²) in [6.07, 6.45) is 3.38. The molecule has 0 aliphatic heterocycles. The Bertz CT molecular complexity index is 815. The van der Waals surface area contributed by atoms with Gasteiger partial charge < -0.3 is 9.32 Å². The van der Waals surface area contributed by atoms with E-state index in [1.807, 2.05) is 12.1 Å². The number of benzene rings is 1. The van der Waals surface area contributed by atoms with Crippen LogP contribution in [-0.2, 0) is 6.54 Å². The van der Waals surface area contributed by atoms with Crippen LogP contribution in [0.1, 0.15) is 16.1 Å². The number of pyridine rings is 1. The molecule has 4 nitrogen and oxygen atoms in total. The number of furan rings is 1. The van der Waals surface area contributed by atoms with Crippen molar-refractivity contribution in [3.8, 4) is 11.3 Å². The minimum absolute atomic E-state index is 0.176. The van der Waals surface area contributed by atoms with Crippen LogP contribution in [0, 0.1) is 5.82 Å². The number of rotatable bonds is 4. The summed E-state index contributed by atoms with van der Waals surface area (Å²) in [5.74, 6) is -0.142. The van der Waals surface area contributed by atoms with Crippen LogP contribution >= 0.6 is 0 Å². The predicted octanol–water partition coefficient (Wildman–Crippen LogP) is 3.75. The molecule has 0 aliphatic carbocycles. The highest BCUT2D eigenvalue weighted by molar-refractivity contribution is 5.91. The topological polar surface area (TPSA) is 46.3 Å². The van der Waals surface area contributed by atoms with E-state index in [4.69, 9.17) is 4.42 Å². The molecule has 0 bridgehead atoms. The van der Waals surface area contributed by atoms with E-state index in [0.29, 0.717) is 17.9 Å². The van der Waals surface area contributed by atoms with Gasteiger partial charge in [0.1, 0.15) is 11.6 Å². The van der Waals surface area contributed by atoms with Crippen LogP contribution in [-0.4, -0.2) is 22.8 Å². The molecule has 2 aromatic heterocycles. The second-order valence-electron chi connectivity index (χ2n) is 5.17. The van der Waals surface area contributed by atoms with E-state index in [9.17, 15) is 9.18 Å². The molecule has 0 spiro atoms. The zero-order valence-electron chi connectivity index (χ0n) is 12.6. The molecule has 116 valence electrons. The molecule has 3 aromatic rings. The third-order valence-electron chi connectivity index (χ3n) is 3.45. The molecule has 3 rings (SSSR count). The Morgan fingerprint density at radius 3 is 2.74 bits per heavy atom. The number of halogens is 1. The Morgan fingerprint density at radius 1 is 1.17 bits per heavy atom. The molecule has 0 fully saturated rings. The molecule has 2 heterocycles. The first-order valence-corrected chi connectivity index (χ1v) is 7.14. The van der Waals surface area contributed by atoms with Gasteiger partial charge in [0.05, 0.1) is 5.56 Å². The highest BCUT2D eigenvalue weighted by atomic mass is 19.1. The van der Waals surface area contributed by atoms with Crippen LogP contribution in [0.15, 0.2) is 65.3 Å². The molecule has 0 N–H and O–H groups in total. The maximum atomic E-state index is 13.8. The average molecular weight is 310 g/mol. The van der Waals surface area contributed by atoms with Gasteiger partial charge in [-0.2, -0.15) is 0 Å². The Morgan fingerprint density at radius 2 is 2.00 bits per heavy atom. The summed E-state index contributed by atoms with van der Waals surface area (Å²) >= 11 is 0. The first-order chi connectivity index (χ1) is 11.1. The maximum absolute atomic E-state index is 13.8. The summed E-state index contributed by atoms with van der Waals surface area (Å²) in [7, 11) is 1.68. The van der Waals surface area contributed by atoms with Crippen molar-refractivity contribution in [2.24, 2.45) is 0 Å². The largest absolute Gasteiger partial charge is 0.451 e. The molecule has 0 atom stereocenters. The van der Waals surface area contributed by atoms with Crippen LogP contribution in [0.2, 0.25) is 0 Å². The Labute approximate surface area is 133 Å². The standard InChI is InChI=1S/C18H15FN2O2/c1-21(12-13-5-4-10-20-11-13)18(22)17-9-8-16(23-17)14-6-2-3-7-15(14)19/h2-11H,12H2,1H3. The first kappa shape index (κ1) is 15.0. The molecule has 0 unspecified atom stereocenters. The van der Waals surface area contributed by atoms with Crippen LogP contribution in [0.5, 0.6) is 0 Å². The summed E-state index contributed by atoms with van der Waals surface area (Å²) in [5, 5.41) is 0. The summed E-state index contributed by atoms with van der Waals surface area (Å²) in [5.41, 5.74) is 1.26. The molecule has 0 aliphatic rings. The lowest BCUT2D eigenvalue weighted by Crippen LogP contribution is -2.25. The van der Waals surface area contributed by atoms with Gasteiger partial charge in [0, 0.05) is 26.0 Å². The number of hydrogen-bond acceptors (Lipinski definition) is 3.